The van der Waals surface area contributed by atoms with Gasteiger partial charge in [0, 0.05) is 36.9 Å². The molecule has 2 aliphatic rings. The molecule has 1 saturated heterocycles. The van der Waals surface area contributed by atoms with E-state index in [0.717, 1.165) is 29.8 Å². The van der Waals surface area contributed by atoms with Crippen molar-refractivity contribution in [3.63, 3.8) is 0 Å². The summed E-state index contributed by atoms with van der Waals surface area (Å²) in [5, 5.41) is 8.01. The first kappa shape index (κ1) is 19.6. The van der Waals surface area contributed by atoms with Crippen molar-refractivity contribution in [2.45, 2.75) is 44.9 Å². The van der Waals surface area contributed by atoms with Gasteiger partial charge in [0.05, 0.1) is 23.1 Å². The Morgan fingerprint density at radius 3 is 2.62 bits per heavy atom. The minimum atomic E-state index is -0.185. The van der Waals surface area contributed by atoms with Crippen LogP contribution in [0.25, 0.3) is 5.69 Å². The first-order chi connectivity index (χ1) is 14.0. The SMILES string of the molecule is Cc1ccc(-n2ncc(C(=O)NCCCN3C(=O)CCC3=O)c2C2CC2)cc1Cl. The molecule has 0 atom stereocenters. The Balaban J connectivity index is 1.43. The van der Waals surface area contributed by atoms with Gasteiger partial charge >= 0.3 is 0 Å². The number of imide groups is 1. The van der Waals surface area contributed by atoms with Crippen LogP contribution in [0.3, 0.4) is 0 Å². The molecule has 1 N–H and O–H groups in total. The van der Waals surface area contributed by atoms with Crippen LogP contribution in [0.2, 0.25) is 5.02 Å². The number of likely N-dealkylation sites (tertiary alicyclic amines) is 1. The van der Waals surface area contributed by atoms with Crippen molar-refractivity contribution < 1.29 is 14.4 Å². The largest absolute Gasteiger partial charge is 0.352 e. The molecule has 152 valence electrons. The highest BCUT2D eigenvalue weighted by Gasteiger charge is 2.33. The van der Waals surface area contributed by atoms with Gasteiger partial charge in [-0.1, -0.05) is 17.7 Å². The maximum absolute atomic E-state index is 12.8. The van der Waals surface area contributed by atoms with Gasteiger partial charge < -0.3 is 5.32 Å². The zero-order valence-corrected chi connectivity index (χ0v) is 17.0. The Kier molecular flexibility index (Phi) is 5.41. The molecule has 4 rings (SSSR count). The number of aromatic nitrogens is 2. The Bertz CT molecular complexity index is 964. The topological polar surface area (TPSA) is 84.3 Å². The summed E-state index contributed by atoms with van der Waals surface area (Å²) in [6, 6.07) is 5.75. The number of aryl methyl sites for hydroxylation is 1. The van der Waals surface area contributed by atoms with Crippen molar-refractivity contribution in [1.29, 1.82) is 0 Å². The van der Waals surface area contributed by atoms with Crippen molar-refractivity contribution in [3.8, 4) is 5.69 Å². The lowest BCUT2D eigenvalue weighted by molar-refractivity contribution is -0.138. The van der Waals surface area contributed by atoms with Crippen LogP contribution < -0.4 is 5.32 Å². The van der Waals surface area contributed by atoms with E-state index in [4.69, 9.17) is 11.6 Å². The Morgan fingerprint density at radius 1 is 1.24 bits per heavy atom. The fourth-order valence-corrected chi connectivity index (χ4v) is 3.78. The molecule has 1 aromatic carbocycles. The highest BCUT2D eigenvalue weighted by Crippen LogP contribution is 2.42. The molecule has 0 bridgehead atoms. The smallest absolute Gasteiger partial charge is 0.254 e. The van der Waals surface area contributed by atoms with Crippen LogP contribution in [0.4, 0.5) is 0 Å². The van der Waals surface area contributed by atoms with Crippen molar-refractivity contribution in [2.75, 3.05) is 13.1 Å². The van der Waals surface area contributed by atoms with E-state index in [1.54, 1.807) is 10.9 Å². The number of amides is 3. The van der Waals surface area contributed by atoms with Crippen LogP contribution in [0.15, 0.2) is 24.4 Å². The second kappa shape index (κ2) is 7.99. The number of halogens is 1. The van der Waals surface area contributed by atoms with Gasteiger partial charge in [0.25, 0.3) is 5.91 Å². The second-order valence-electron chi connectivity index (χ2n) is 7.61. The molecule has 3 amide bonds. The highest BCUT2D eigenvalue weighted by molar-refractivity contribution is 6.31. The van der Waals surface area contributed by atoms with Gasteiger partial charge in [-0.05, 0) is 43.9 Å². The molecule has 29 heavy (non-hydrogen) atoms. The average Bonchev–Trinajstić information content (AvgIpc) is 3.37. The van der Waals surface area contributed by atoms with Gasteiger partial charge in [0.15, 0.2) is 0 Å². The minimum absolute atomic E-state index is 0.129. The molecule has 2 heterocycles. The molecule has 7 nitrogen and oxygen atoms in total. The third-order valence-electron chi connectivity index (χ3n) is 5.41. The lowest BCUT2D eigenvalue weighted by Crippen LogP contribution is -2.33. The number of nitrogens with one attached hydrogen (secondary N) is 1. The van der Waals surface area contributed by atoms with Crippen molar-refractivity contribution in [3.05, 3.63) is 46.2 Å². The van der Waals surface area contributed by atoms with Gasteiger partial charge in [0.2, 0.25) is 11.8 Å². The average molecular weight is 415 g/mol. The van der Waals surface area contributed by atoms with E-state index in [9.17, 15) is 14.4 Å². The van der Waals surface area contributed by atoms with E-state index in [2.05, 4.69) is 10.4 Å². The molecule has 8 heteroatoms. The highest BCUT2D eigenvalue weighted by atomic mass is 35.5. The minimum Gasteiger partial charge on any atom is -0.352 e. The standard InChI is InChI=1S/C21H23ClN4O3/c1-13-3-6-15(11-17(13)22)26-20(14-4-5-14)16(12-24-26)21(29)23-9-2-10-25-18(27)7-8-19(25)28/h3,6,11-12,14H,2,4-5,7-10H2,1H3,(H,23,29). The first-order valence-electron chi connectivity index (χ1n) is 9.91. The van der Waals surface area contributed by atoms with Crippen LogP contribution in [0.5, 0.6) is 0 Å². The molecule has 1 aromatic heterocycles. The van der Waals surface area contributed by atoms with Crippen LogP contribution in [-0.4, -0.2) is 45.5 Å². The number of carbonyl (C=O) groups is 3. The summed E-state index contributed by atoms with van der Waals surface area (Å²) in [5.41, 5.74) is 3.31. The molecule has 0 spiro atoms. The van der Waals surface area contributed by atoms with E-state index in [0.29, 0.717) is 36.0 Å². The maximum Gasteiger partial charge on any atom is 0.254 e. The summed E-state index contributed by atoms with van der Waals surface area (Å²) in [5.74, 6) is -0.126. The molecule has 2 aromatic rings. The molecule has 1 aliphatic carbocycles. The number of nitrogens with zero attached hydrogens (tertiary/aromatic N) is 3. The van der Waals surface area contributed by atoms with E-state index in [1.165, 1.54) is 4.90 Å². The zero-order chi connectivity index (χ0) is 20.5. The molecule has 0 radical (unpaired) electrons. The van der Waals surface area contributed by atoms with E-state index < -0.39 is 0 Å². The summed E-state index contributed by atoms with van der Waals surface area (Å²) in [7, 11) is 0. The van der Waals surface area contributed by atoms with Crippen LogP contribution in [0.1, 0.15) is 59.6 Å². The third-order valence-corrected chi connectivity index (χ3v) is 5.82. The Morgan fingerprint density at radius 2 is 1.97 bits per heavy atom. The van der Waals surface area contributed by atoms with E-state index in [1.807, 2.05) is 25.1 Å². The van der Waals surface area contributed by atoms with Crippen LogP contribution in [-0.2, 0) is 9.59 Å². The van der Waals surface area contributed by atoms with Crippen LogP contribution in [0, 0.1) is 6.92 Å². The summed E-state index contributed by atoms with van der Waals surface area (Å²) < 4.78 is 1.81. The van der Waals surface area contributed by atoms with Crippen LogP contribution >= 0.6 is 11.6 Å². The zero-order valence-electron chi connectivity index (χ0n) is 16.3. The number of carbonyl (C=O) groups excluding carboxylic acids is 3. The number of benzene rings is 1. The quantitative estimate of drug-likeness (QED) is 0.557. The lowest BCUT2D eigenvalue weighted by atomic mass is 10.1. The van der Waals surface area contributed by atoms with E-state index in [-0.39, 0.29) is 30.6 Å². The number of rotatable bonds is 7. The third kappa shape index (κ3) is 4.05. The number of hydrogen-bond donors (Lipinski definition) is 1. The monoisotopic (exact) mass is 414 g/mol. The molecule has 0 unspecified atom stereocenters. The summed E-state index contributed by atoms with van der Waals surface area (Å²) >= 11 is 6.27. The van der Waals surface area contributed by atoms with Gasteiger partial charge in [-0.25, -0.2) is 4.68 Å². The predicted molar refractivity (Wildman–Crippen MR) is 108 cm³/mol. The molecular weight excluding hydrogens is 392 g/mol. The number of hydrogen-bond acceptors (Lipinski definition) is 4. The maximum atomic E-state index is 12.8. The molecular formula is C21H23ClN4O3. The van der Waals surface area contributed by atoms with Gasteiger partial charge in [-0.3, -0.25) is 19.3 Å². The first-order valence-corrected chi connectivity index (χ1v) is 10.3. The Labute approximate surface area is 174 Å². The fraction of sp³-hybridized carbons (Fsp3) is 0.429. The summed E-state index contributed by atoms with van der Waals surface area (Å²) in [6.45, 7) is 2.68. The lowest BCUT2D eigenvalue weighted by Gasteiger charge is -2.14. The molecule has 1 aliphatic heterocycles. The normalized spacial score (nSPS) is 16.6. The fourth-order valence-electron chi connectivity index (χ4n) is 3.61. The van der Waals surface area contributed by atoms with Crippen molar-refractivity contribution in [2.24, 2.45) is 0 Å². The predicted octanol–water partition coefficient (Wildman–Crippen LogP) is 2.98. The molecule has 2 fully saturated rings. The van der Waals surface area contributed by atoms with Crippen molar-refractivity contribution in [1.82, 2.24) is 20.0 Å². The summed E-state index contributed by atoms with van der Waals surface area (Å²) in [4.78, 5) is 37.3. The second-order valence-corrected chi connectivity index (χ2v) is 8.02. The van der Waals surface area contributed by atoms with E-state index >= 15 is 0 Å². The van der Waals surface area contributed by atoms with Gasteiger partial charge in [-0.15, -0.1) is 0 Å². The Hall–Kier alpha value is -2.67. The van der Waals surface area contributed by atoms with Crippen molar-refractivity contribution >= 4 is 29.3 Å². The molecule has 1 saturated carbocycles. The van der Waals surface area contributed by atoms with Gasteiger partial charge in [-0.2, -0.15) is 5.10 Å². The van der Waals surface area contributed by atoms with Gasteiger partial charge in [0.1, 0.15) is 0 Å². The summed E-state index contributed by atoms with van der Waals surface area (Å²) in [6.07, 6.45) is 4.78.